The Hall–Kier alpha value is -1.89. The van der Waals surface area contributed by atoms with E-state index in [9.17, 15) is 4.79 Å². The molecule has 0 aromatic carbocycles. The van der Waals surface area contributed by atoms with Crippen LogP contribution in [0.2, 0.25) is 0 Å². The molecule has 0 aliphatic carbocycles. The van der Waals surface area contributed by atoms with Gasteiger partial charge in [0.15, 0.2) is 0 Å². The van der Waals surface area contributed by atoms with Crippen molar-refractivity contribution in [3.8, 4) is 0 Å². The van der Waals surface area contributed by atoms with Crippen LogP contribution in [0, 0.1) is 0 Å². The van der Waals surface area contributed by atoms with Crippen LogP contribution >= 0.6 is 0 Å². The van der Waals surface area contributed by atoms with E-state index in [2.05, 4.69) is 20.6 Å². The Kier molecular flexibility index (Phi) is 5.05. The van der Waals surface area contributed by atoms with Crippen molar-refractivity contribution in [3.63, 3.8) is 0 Å². The summed E-state index contributed by atoms with van der Waals surface area (Å²) in [7, 11) is 0. The van der Waals surface area contributed by atoms with Crippen LogP contribution in [0.1, 0.15) is 25.7 Å². The predicted octanol–water partition coefficient (Wildman–Crippen LogP) is 1.24. The maximum Gasteiger partial charge on any atom is 0.317 e. The number of ether oxygens (including phenoxy) is 1. The number of hydrogen-bond acceptors (Lipinski definition) is 5. The molecule has 1 aromatic heterocycles. The number of aromatic nitrogens is 2. The highest BCUT2D eigenvalue weighted by Gasteiger charge is 2.25. The van der Waals surface area contributed by atoms with E-state index in [1.165, 1.54) is 0 Å². The van der Waals surface area contributed by atoms with Gasteiger partial charge in [-0.1, -0.05) is 0 Å². The first-order chi connectivity index (χ1) is 10.8. The third-order valence-electron chi connectivity index (χ3n) is 4.27. The summed E-state index contributed by atoms with van der Waals surface area (Å²) in [5, 5.41) is 6.51. The van der Waals surface area contributed by atoms with Crippen molar-refractivity contribution in [2.24, 2.45) is 0 Å². The molecule has 1 aromatic rings. The van der Waals surface area contributed by atoms with Crippen molar-refractivity contribution in [2.45, 2.75) is 37.8 Å². The Morgan fingerprint density at radius 1 is 1.18 bits per heavy atom. The van der Waals surface area contributed by atoms with E-state index in [-0.39, 0.29) is 12.1 Å². The number of amides is 2. The highest BCUT2D eigenvalue weighted by atomic mass is 16.5. The molecule has 2 aliphatic rings. The summed E-state index contributed by atoms with van der Waals surface area (Å²) >= 11 is 0. The van der Waals surface area contributed by atoms with Crippen LogP contribution in [0.25, 0.3) is 0 Å². The van der Waals surface area contributed by atoms with Gasteiger partial charge >= 0.3 is 6.03 Å². The molecule has 3 rings (SSSR count). The summed E-state index contributed by atoms with van der Waals surface area (Å²) in [4.78, 5) is 22.3. The molecule has 7 nitrogen and oxygen atoms in total. The lowest BCUT2D eigenvalue weighted by Gasteiger charge is -2.34. The van der Waals surface area contributed by atoms with Crippen molar-refractivity contribution < 1.29 is 9.53 Å². The molecular weight excluding hydrogens is 282 g/mol. The van der Waals surface area contributed by atoms with E-state index in [1.807, 2.05) is 11.0 Å². The van der Waals surface area contributed by atoms with E-state index < -0.39 is 0 Å². The van der Waals surface area contributed by atoms with E-state index >= 15 is 0 Å². The fraction of sp³-hybridized carbons (Fsp3) is 0.667. The highest BCUT2D eigenvalue weighted by Crippen LogP contribution is 2.15. The number of carbonyl (C=O) groups is 1. The highest BCUT2D eigenvalue weighted by molar-refractivity contribution is 5.74. The number of likely N-dealkylation sites (tertiary alicyclic amines) is 1. The standard InChI is InChI=1S/C15H23N5O2/c21-15(19-13-4-9-22-10-5-13)20-7-2-12(3-8-20)18-14-1-6-16-11-17-14/h1,6,11-13H,2-5,7-10H2,(H,19,21)(H,16,17,18). The average molecular weight is 305 g/mol. The van der Waals surface area contributed by atoms with E-state index in [0.29, 0.717) is 6.04 Å². The molecule has 0 unspecified atom stereocenters. The molecule has 0 bridgehead atoms. The summed E-state index contributed by atoms with van der Waals surface area (Å²) in [6.07, 6.45) is 6.97. The molecule has 2 fully saturated rings. The molecule has 2 aliphatic heterocycles. The van der Waals surface area contributed by atoms with E-state index in [0.717, 1.165) is 57.8 Å². The Morgan fingerprint density at radius 2 is 1.95 bits per heavy atom. The lowest BCUT2D eigenvalue weighted by atomic mass is 10.1. The SMILES string of the molecule is O=C(NC1CCOCC1)N1CCC(Nc2ccncn2)CC1. The maximum atomic E-state index is 12.3. The van der Waals surface area contributed by atoms with Gasteiger partial charge in [-0.15, -0.1) is 0 Å². The molecule has 22 heavy (non-hydrogen) atoms. The molecule has 2 amide bonds. The lowest BCUT2D eigenvalue weighted by Crippen LogP contribution is -2.50. The quantitative estimate of drug-likeness (QED) is 0.878. The van der Waals surface area contributed by atoms with Gasteiger partial charge in [-0.2, -0.15) is 0 Å². The first-order valence-electron chi connectivity index (χ1n) is 7.97. The number of hydrogen-bond donors (Lipinski definition) is 2. The molecule has 0 spiro atoms. The van der Waals surface area contributed by atoms with Crippen LogP contribution in [0.4, 0.5) is 10.6 Å². The van der Waals surface area contributed by atoms with Crippen molar-refractivity contribution in [1.29, 1.82) is 0 Å². The predicted molar refractivity (Wildman–Crippen MR) is 82.6 cm³/mol. The first-order valence-corrected chi connectivity index (χ1v) is 7.97. The van der Waals surface area contributed by atoms with Gasteiger partial charge in [0.05, 0.1) is 0 Å². The number of urea groups is 1. The van der Waals surface area contributed by atoms with Gasteiger partial charge in [0.25, 0.3) is 0 Å². The Labute approximate surface area is 130 Å². The van der Waals surface area contributed by atoms with Crippen LogP contribution in [-0.4, -0.2) is 59.3 Å². The zero-order valence-electron chi connectivity index (χ0n) is 12.7. The van der Waals surface area contributed by atoms with Gasteiger partial charge in [0.2, 0.25) is 0 Å². The van der Waals surface area contributed by atoms with E-state index in [1.54, 1.807) is 12.5 Å². The number of rotatable bonds is 3. The summed E-state index contributed by atoms with van der Waals surface area (Å²) in [5.74, 6) is 0.847. The monoisotopic (exact) mass is 305 g/mol. The van der Waals surface area contributed by atoms with Crippen LogP contribution in [0.15, 0.2) is 18.6 Å². The molecular formula is C15H23N5O2. The maximum absolute atomic E-state index is 12.3. The van der Waals surface area contributed by atoms with Gasteiger partial charge in [-0.05, 0) is 31.7 Å². The zero-order chi connectivity index (χ0) is 15.2. The second kappa shape index (κ2) is 7.40. The van der Waals surface area contributed by atoms with Crippen molar-refractivity contribution in [3.05, 3.63) is 18.6 Å². The minimum absolute atomic E-state index is 0.0624. The van der Waals surface area contributed by atoms with Crippen molar-refractivity contribution >= 4 is 11.8 Å². The average Bonchev–Trinajstić information content (AvgIpc) is 2.57. The minimum atomic E-state index is 0.0624. The van der Waals surface area contributed by atoms with Crippen LogP contribution < -0.4 is 10.6 Å². The van der Waals surface area contributed by atoms with Crippen molar-refractivity contribution in [1.82, 2.24) is 20.2 Å². The largest absolute Gasteiger partial charge is 0.381 e. The van der Waals surface area contributed by atoms with Gasteiger partial charge < -0.3 is 20.3 Å². The number of anilines is 1. The molecule has 2 saturated heterocycles. The zero-order valence-corrected chi connectivity index (χ0v) is 12.7. The number of carbonyl (C=O) groups excluding carboxylic acids is 1. The van der Waals surface area contributed by atoms with Crippen LogP contribution in [0.5, 0.6) is 0 Å². The second-order valence-electron chi connectivity index (χ2n) is 5.84. The smallest absolute Gasteiger partial charge is 0.317 e. The van der Waals surface area contributed by atoms with Gasteiger partial charge in [0, 0.05) is 44.6 Å². The van der Waals surface area contributed by atoms with Gasteiger partial charge in [-0.25, -0.2) is 14.8 Å². The summed E-state index contributed by atoms with van der Waals surface area (Å²) in [6, 6.07) is 2.55. The molecule has 7 heteroatoms. The second-order valence-corrected chi connectivity index (χ2v) is 5.84. The lowest BCUT2D eigenvalue weighted by molar-refractivity contribution is 0.0775. The molecule has 0 saturated carbocycles. The van der Waals surface area contributed by atoms with Gasteiger partial charge in [0.1, 0.15) is 12.1 Å². The van der Waals surface area contributed by atoms with Crippen molar-refractivity contribution in [2.75, 3.05) is 31.6 Å². The molecule has 2 N–H and O–H groups in total. The first kappa shape index (κ1) is 15.0. The van der Waals surface area contributed by atoms with Crippen LogP contribution in [-0.2, 0) is 4.74 Å². The molecule has 0 atom stereocenters. The fourth-order valence-electron chi connectivity index (χ4n) is 2.92. The molecule has 3 heterocycles. The number of piperidine rings is 1. The fourth-order valence-corrected chi connectivity index (χ4v) is 2.92. The summed E-state index contributed by atoms with van der Waals surface area (Å²) in [5.41, 5.74) is 0. The minimum Gasteiger partial charge on any atom is -0.381 e. The molecule has 0 radical (unpaired) electrons. The molecule has 120 valence electrons. The third kappa shape index (κ3) is 4.07. The topological polar surface area (TPSA) is 79.4 Å². The third-order valence-corrected chi connectivity index (χ3v) is 4.27. The number of nitrogens with zero attached hydrogens (tertiary/aromatic N) is 3. The Bertz CT molecular complexity index is 470. The van der Waals surface area contributed by atoms with Crippen LogP contribution in [0.3, 0.4) is 0 Å². The summed E-state index contributed by atoms with van der Waals surface area (Å²) in [6.45, 7) is 3.04. The van der Waals surface area contributed by atoms with E-state index in [4.69, 9.17) is 4.74 Å². The Balaban J connectivity index is 1.42. The normalized spacial score (nSPS) is 20.6. The summed E-state index contributed by atoms with van der Waals surface area (Å²) < 4.78 is 5.31. The number of nitrogens with one attached hydrogen (secondary N) is 2. The van der Waals surface area contributed by atoms with Gasteiger partial charge in [-0.3, -0.25) is 0 Å². The Morgan fingerprint density at radius 3 is 2.64 bits per heavy atom.